The lowest BCUT2D eigenvalue weighted by Gasteiger charge is -2.01. The van der Waals surface area contributed by atoms with Gasteiger partial charge in [-0.1, -0.05) is 11.5 Å². The van der Waals surface area contributed by atoms with E-state index in [4.69, 9.17) is 0 Å². The molecule has 0 bridgehead atoms. The molecule has 0 fully saturated rings. The lowest BCUT2D eigenvalue weighted by molar-refractivity contribution is -0.464. The van der Waals surface area contributed by atoms with Gasteiger partial charge in [-0.15, -0.1) is 13.2 Å². The maximum atomic E-state index is 10.8. The van der Waals surface area contributed by atoms with Crippen LogP contribution >= 0.6 is 0 Å². The van der Waals surface area contributed by atoms with E-state index in [1.807, 2.05) is 0 Å². The van der Waals surface area contributed by atoms with Crippen LogP contribution in [0.4, 0.5) is 13.2 Å². The first-order valence-electron chi connectivity index (χ1n) is 1.58. The number of alkyl halides is 3. The second kappa shape index (κ2) is 2.56. The second-order valence-electron chi connectivity index (χ2n) is 0.792. The van der Waals surface area contributed by atoms with Gasteiger partial charge in [-0.25, -0.2) is 0 Å². The summed E-state index contributed by atoms with van der Waals surface area (Å²) in [7, 11) is 0. The van der Waals surface area contributed by atoms with Crippen molar-refractivity contribution in [3.63, 3.8) is 0 Å². The highest BCUT2D eigenvalue weighted by molar-refractivity contribution is 4.42. The highest BCUT2D eigenvalue weighted by Crippen LogP contribution is 2.15. The molecule has 48 valence electrons. The van der Waals surface area contributed by atoms with Crippen molar-refractivity contribution < 1.29 is 22.9 Å². The minimum atomic E-state index is -4.74. The van der Waals surface area contributed by atoms with E-state index in [-0.39, 0.29) is 0 Å². The van der Waals surface area contributed by atoms with E-state index in [0.717, 1.165) is 0 Å². The van der Waals surface area contributed by atoms with E-state index in [1.54, 1.807) is 0 Å². The number of halogens is 3. The fourth-order valence-corrected chi connectivity index (χ4v) is 0.0886. The van der Waals surface area contributed by atoms with Crippen LogP contribution in [-0.2, 0) is 9.78 Å². The van der Waals surface area contributed by atoms with Crippen molar-refractivity contribution in [1.82, 2.24) is 0 Å². The van der Waals surface area contributed by atoms with Crippen molar-refractivity contribution in [2.24, 2.45) is 0 Å². The van der Waals surface area contributed by atoms with Gasteiger partial charge in [0.1, 0.15) is 6.26 Å². The van der Waals surface area contributed by atoms with Gasteiger partial charge in [0.15, 0.2) is 0 Å². The van der Waals surface area contributed by atoms with Crippen LogP contribution in [0.1, 0.15) is 0 Å². The molecule has 2 nitrogen and oxygen atoms in total. The second-order valence-corrected chi connectivity index (χ2v) is 0.792. The Bertz CT molecular complexity index is 77.1. The molecule has 8 heavy (non-hydrogen) atoms. The molecule has 0 aromatic rings. The van der Waals surface area contributed by atoms with Crippen molar-refractivity contribution in [2.75, 3.05) is 0 Å². The van der Waals surface area contributed by atoms with Crippen LogP contribution < -0.4 is 0 Å². The molecule has 0 spiro atoms. The van der Waals surface area contributed by atoms with Crippen LogP contribution in [0.2, 0.25) is 0 Å². The van der Waals surface area contributed by atoms with Crippen molar-refractivity contribution in [1.29, 1.82) is 0 Å². The Morgan fingerprint density at radius 1 is 1.38 bits per heavy atom. The first-order chi connectivity index (χ1) is 3.56. The Kier molecular flexibility index (Phi) is 2.33. The van der Waals surface area contributed by atoms with Gasteiger partial charge in [-0.05, 0) is 0 Å². The highest BCUT2D eigenvalue weighted by Gasteiger charge is 2.31. The van der Waals surface area contributed by atoms with Crippen LogP contribution in [0, 0.1) is 0 Å². The smallest absolute Gasteiger partial charge is 0.338 e. The van der Waals surface area contributed by atoms with Crippen LogP contribution in [0.15, 0.2) is 12.8 Å². The zero-order valence-corrected chi connectivity index (χ0v) is 3.73. The molecule has 0 heterocycles. The zero-order valence-electron chi connectivity index (χ0n) is 3.73. The first-order valence-corrected chi connectivity index (χ1v) is 1.58. The summed E-state index contributed by atoms with van der Waals surface area (Å²) in [6.07, 6.45) is -4.21. The third kappa shape index (κ3) is 5.29. The number of hydrogen-bond acceptors (Lipinski definition) is 2. The lowest BCUT2D eigenvalue weighted by Crippen LogP contribution is -2.11. The van der Waals surface area contributed by atoms with E-state index < -0.39 is 6.36 Å². The Balaban J connectivity index is 3.24. The molecular weight excluding hydrogens is 125 g/mol. The first kappa shape index (κ1) is 7.29. The summed E-state index contributed by atoms with van der Waals surface area (Å²) in [5, 5.41) is 0. The molecule has 0 aliphatic carbocycles. The molecule has 0 unspecified atom stereocenters. The molecule has 0 amide bonds. The maximum absolute atomic E-state index is 10.8. The summed E-state index contributed by atoms with van der Waals surface area (Å²) in [5.74, 6) is 0. The Labute approximate surface area is 43.4 Å². The van der Waals surface area contributed by atoms with E-state index in [2.05, 4.69) is 16.4 Å². The summed E-state index contributed by atoms with van der Waals surface area (Å²) >= 11 is 0. The summed E-state index contributed by atoms with van der Waals surface area (Å²) in [6, 6.07) is 0. The predicted octanol–water partition coefficient (Wildman–Crippen LogP) is 1.60. The average Bonchev–Trinajstić information content (AvgIpc) is 1.59. The van der Waals surface area contributed by atoms with Crippen molar-refractivity contribution >= 4 is 0 Å². The van der Waals surface area contributed by atoms with E-state index in [0.29, 0.717) is 6.26 Å². The molecule has 5 heteroatoms. The minimum absolute atomic E-state index is 0.535. The van der Waals surface area contributed by atoms with Crippen molar-refractivity contribution in [3.8, 4) is 0 Å². The van der Waals surface area contributed by atoms with Gasteiger partial charge >= 0.3 is 6.36 Å². The topological polar surface area (TPSA) is 18.5 Å². The van der Waals surface area contributed by atoms with Crippen LogP contribution in [0.3, 0.4) is 0 Å². The molecule has 0 atom stereocenters. The van der Waals surface area contributed by atoms with Gasteiger partial charge < -0.3 is 4.89 Å². The third-order valence-electron chi connectivity index (χ3n) is 0.211. The molecule has 0 N–H and O–H groups in total. The molecule has 0 saturated heterocycles. The van der Waals surface area contributed by atoms with Crippen LogP contribution in [0.25, 0.3) is 0 Å². The van der Waals surface area contributed by atoms with E-state index in [9.17, 15) is 13.2 Å². The SMILES string of the molecule is C=COOC(F)(F)F. The zero-order chi connectivity index (χ0) is 6.62. The number of rotatable bonds is 2. The fourth-order valence-electron chi connectivity index (χ4n) is 0.0886. The predicted molar refractivity (Wildman–Crippen MR) is 18.4 cm³/mol. The van der Waals surface area contributed by atoms with Crippen molar-refractivity contribution in [3.05, 3.63) is 12.8 Å². The molecular formula is C3H3F3O2. The number of hydrogen-bond donors (Lipinski definition) is 0. The lowest BCUT2D eigenvalue weighted by atomic mass is 11.2. The van der Waals surface area contributed by atoms with Crippen molar-refractivity contribution in [2.45, 2.75) is 6.36 Å². The van der Waals surface area contributed by atoms with E-state index in [1.165, 1.54) is 0 Å². The third-order valence-corrected chi connectivity index (χ3v) is 0.211. The summed E-state index contributed by atoms with van der Waals surface area (Å²) in [5.41, 5.74) is 0. The van der Waals surface area contributed by atoms with Gasteiger partial charge in [0, 0.05) is 0 Å². The highest BCUT2D eigenvalue weighted by atomic mass is 19.4. The Morgan fingerprint density at radius 3 is 2.00 bits per heavy atom. The molecule has 0 aliphatic heterocycles. The molecule has 0 saturated carbocycles. The van der Waals surface area contributed by atoms with Gasteiger partial charge in [0.2, 0.25) is 0 Å². The summed E-state index contributed by atoms with van der Waals surface area (Å²) in [6.45, 7) is 2.82. The molecule has 0 aliphatic rings. The van der Waals surface area contributed by atoms with Gasteiger partial charge in [0.25, 0.3) is 0 Å². The maximum Gasteiger partial charge on any atom is 0.558 e. The normalized spacial score (nSPS) is 10.9. The van der Waals surface area contributed by atoms with Crippen LogP contribution in [0.5, 0.6) is 0 Å². The molecule has 0 aromatic carbocycles. The summed E-state index contributed by atoms with van der Waals surface area (Å²) in [4.78, 5) is 6.10. The Hall–Kier alpha value is -0.710. The molecule has 0 rings (SSSR count). The van der Waals surface area contributed by atoms with Gasteiger partial charge in [-0.3, -0.25) is 0 Å². The largest absolute Gasteiger partial charge is 0.558 e. The van der Waals surface area contributed by atoms with E-state index >= 15 is 0 Å². The van der Waals surface area contributed by atoms with Gasteiger partial charge in [0.05, 0.1) is 0 Å². The molecule has 0 aromatic heterocycles. The standard InChI is InChI=1S/C3H3F3O2/c1-2-7-8-3(4,5)6/h2H,1H2. The monoisotopic (exact) mass is 128 g/mol. The van der Waals surface area contributed by atoms with Crippen LogP contribution in [-0.4, -0.2) is 6.36 Å². The minimum Gasteiger partial charge on any atom is -0.338 e. The molecule has 0 radical (unpaired) electrons. The average molecular weight is 128 g/mol. The Morgan fingerprint density at radius 2 is 1.88 bits per heavy atom. The fraction of sp³-hybridized carbons (Fsp3) is 0.333. The van der Waals surface area contributed by atoms with Gasteiger partial charge in [-0.2, -0.15) is 0 Å². The summed E-state index contributed by atoms with van der Waals surface area (Å²) < 4.78 is 32.5. The quantitative estimate of drug-likeness (QED) is 0.319.